The SMILES string of the molecule is O=C(NCCc1ccc(OC(F)F)cc1)N1CCCN(S(=O)(=O)c2ccc(F)cc2)CC1. The van der Waals surface area contributed by atoms with E-state index in [-0.39, 0.29) is 36.3 Å². The first-order valence-electron chi connectivity index (χ1n) is 10.1. The van der Waals surface area contributed by atoms with Crippen molar-refractivity contribution in [2.45, 2.75) is 24.3 Å². The van der Waals surface area contributed by atoms with Gasteiger partial charge in [0.25, 0.3) is 0 Å². The number of halogens is 3. The third-order valence-corrected chi connectivity index (χ3v) is 6.94. The summed E-state index contributed by atoms with van der Waals surface area (Å²) in [5.74, 6) is -0.447. The van der Waals surface area contributed by atoms with Crippen molar-refractivity contribution in [2.24, 2.45) is 0 Å². The van der Waals surface area contributed by atoms with E-state index in [9.17, 15) is 26.4 Å². The Labute approximate surface area is 184 Å². The molecule has 1 heterocycles. The summed E-state index contributed by atoms with van der Waals surface area (Å²) in [4.78, 5) is 14.1. The summed E-state index contributed by atoms with van der Waals surface area (Å²) in [5, 5.41) is 2.79. The van der Waals surface area contributed by atoms with Gasteiger partial charge in [-0.3, -0.25) is 0 Å². The molecule has 0 unspecified atom stereocenters. The van der Waals surface area contributed by atoms with E-state index in [1.54, 1.807) is 17.0 Å². The van der Waals surface area contributed by atoms with Crippen LogP contribution in [0.4, 0.5) is 18.0 Å². The van der Waals surface area contributed by atoms with Crippen molar-refractivity contribution >= 4 is 16.1 Å². The highest BCUT2D eigenvalue weighted by Crippen LogP contribution is 2.18. The van der Waals surface area contributed by atoms with Crippen LogP contribution in [-0.2, 0) is 16.4 Å². The number of alkyl halides is 2. The van der Waals surface area contributed by atoms with Crippen LogP contribution < -0.4 is 10.1 Å². The summed E-state index contributed by atoms with van der Waals surface area (Å²) in [6.45, 7) is -1.51. The molecular weight excluding hydrogens is 447 g/mol. The first-order valence-corrected chi connectivity index (χ1v) is 11.5. The molecule has 32 heavy (non-hydrogen) atoms. The third kappa shape index (κ3) is 6.36. The van der Waals surface area contributed by atoms with Crippen LogP contribution in [0.1, 0.15) is 12.0 Å². The molecule has 7 nitrogen and oxygen atoms in total. The Morgan fingerprint density at radius 3 is 2.34 bits per heavy atom. The molecule has 1 aliphatic rings. The molecule has 1 aliphatic heterocycles. The van der Waals surface area contributed by atoms with Crippen LogP contribution in [0.2, 0.25) is 0 Å². The van der Waals surface area contributed by atoms with Crippen LogP contribution in [-0.4, -0.2) is 63.0 Å². The maximum atomic E-state index is 13.1. The molecule has 1 fully saturated rings. The summed E-state index contributed by atoms with van der Waals surface area (Å²) < 4.78 is 68.6. The molecule has 0 atom stereocenters. The Morgan fingerprint density at radius 2 is 1.69 bits per heavy atom. The number of carbonyl (C=O) groups excluding carboxylic acids is 1. The number of carbonyl (C=O) groups is 1. The molecule has 11 heteroatoms. The van der Waals surface area contributed by atoms with Gasteiger partial charge in [0.05, 0.1) is 4.90 Å². The third-order valence-electron chi connectivity index (χ3n) is 5.03. The molecule has 0 aliphatic carbocycles. The van der Waals surface area contributed by atoms with Crippen LogP contribution in [0.15, 0.2) is 53.4 Å². The summed E-state index contributed by atoms with van der Waals surface area (Å²) >= 11 is 0. The van der Waals surface area contributed by atoms with Gasteiger partial charge in [0, 0.05) is 32.7 Å². The number of nitrogens with zero attached hydrogens (tertiary/aromatic N) is 2. The smallest absolute Gasteiger partial charge is 0.387 e. The fourth-order valence-corrected chi connectivity index (χ4v) is 4.83. The molecule has 0 aromatic heterocycles. The number of urea groups is 1. The van der Waals surface area contributed by atoms with Gasteiger partial charge in [-0.2, -0.15) is 13.1 Å². The van der Waals surface area contributed by atoms with Gasteiger partial charge in [-0.25, -0.2) is 17.6 Å². The molecular formula is C21H24F3N3O4S. The minimum Gasteiger partial charge on any atom is -0.435 e. The van der Waals surface area contributed by atoms with Gasteiger partial charge < -0.3 is 15.0 Å². The predicted molar refractivity (Wildman–Crippen MR) is 112 cm³/mol. The largest absolute Gasteiger partial charge is 0.435 e. The van der Waals surface area contributed by atoms with E-state index >= 15 is 0 Å². The zero-order valence-electron chi connectivity index (χ0n) is 17.2. The van der Waals surface area contributed by atoms with Crippen molar-refractivity contribution < 1.29 is 31.1 Å². The second-order valence-electron chi connectivity index (χ2n) is 7.20. The number of amides is 2. The quantitative estimate of drug-likeness (QED) is 0.673. The highest BCUT2D eigenvalue weighted by Gasteiger charge is 2.28. The van der Waals surface area contributed by atoms with E-state index in [1.165, 1.54) is 28.6 Å². The van der Waals surface area contributed by atoms with Crippen molar-refractivity contribution in [1.29, 1.82) is 0 Å². The summed E-state index contributed by atoms with van der Waals surface area (Å²) in [5.41, 5.74) is 0.847. The number of sulfonamides is 1. The zero-order chi connectivity index (χ0) is 23.1. The highest BCUT2D eigenvalue weighted by atomic mass is 32.2. The average Bonchev–Trinajstić information content (AvgIpc) is 3.02. The molecule has 1 N–H and O–H groups in total. The molecule has 2 aromatic carbocycles. The van der Waals surface area contributed by atoms with Gasteiger partial charge in [-0.1, -0.05) is 12.1 Å². The molecule has 1 saturated heterocycles. The maximum Gasteiger partial charge on any atom is 0.387 e. The summed E-state index contributed by atoms with van der Waals surface area (Å²) in [6.07, 6.45) is 0.971. The van der Waals surface area contributed by atoms with Crippen LogP contribution in [0, 0.1) is 5.82 Å². The van der Waals surface area contributed by atoms with Gasteiger partial charge in [0.2, 0.25) is 10.0 Å². The lowest BCUT2D eigenvalue weighted by Crippen LogP contribution is -2.43. The molecule has 0 bridgehead atoms. The lowest BCUT2D eigenvalue weighted by Gasteiger charge is -2.22. The van der Waals surface area contributed by atoms with Crippen molar-refractivity contribution in [1.82, 2.24) is 14.5 Å². The van der Waals surface area contributed by atoms with Crippen LogP contribution in [0.3, 0.4) is 0 Å². The van der Waals surface area contributed by atoms with Crippen molar-refractivity contribution in [3.63, 3.8) is 0 Å². The monoisotopic (exact) mass is 471 g/mol. The van der Waals surface area contributed by atoms with Crippen molar-refractivity contribution in [2.75, 3.05) is 32.7 Å². The Kier molecular flexibility index (Phi) is 7.97. The van der Waals surface area contributed by atoms with Gasteiger partial charge >= 0.3 is 12.6 Å². The maximum absolute atomic E-state index is 13.1. The van der Waals surface area contributed by atoms with Gasteiger partial charge in [0.15, 0.2) is 0 Å². The van der Waals surface area contributed by atoms with Crippen molar-refractivity contribution in [3.8, 4) is 5.75 Å². The van der Waals surface area contributed by atoms with E-state index in [0.717, 1.165) is 17.7 Å². The van der Waals surface area contributed by atoms with Crippen molar-refractivity contribution in [3.05, 3.63) is 59.9 Å². The minimum absolute atomic E-state index is 0.0155. The fourth-order valence-electron chi connectivity index (χ4n) is 3.36. The number of ether oxygens (including phenoxy) is 1. The normalized spacial score (nSPS) is 15.4. The fraction of sp³-hybridized carbons (Fsp3) is 0.381. The molecule has 0 spiro atoms. The zero-order valence-corrected chi connectivity index (χ0v) is 18.0. The molecule has 2 aromatic rings. The van der Waals surface area contributed by atoms with Crippen LogP contribution in [0.5, 0.6) is 5.75 Å². The Morgan fingerprint density at radius 1 is 1.00 bits per heavy atom. The number of nitrogens with one attached hydrogen (secondary N) is 1. The topological polar surface area (TPSA) is 79.0 Å². The number of hydrogen-bond donors (Lipinski definition) is 1. The Hall–Kier alpha value is -2.79. The Balaban J connectivity index is 1.48. The molecule has 0 saturated carbocycles. The van der Waals surface area contributed by atoms with E-state index < -0.39 is 22.5 Å². The lowest BCUT2D eigenvalue weighted by atomic mass is 10.1. The van der Waals surface area contributed by atoms with Gasteiger partial charge in [-0.05, 0) is 54.8 Å². The van der Waals surface area contributed by atoms with Gasteiger partial charge in [-0.15, -0.1) is 0 Å². The second-order valence-corrected chi connectivity index (χ2v) is 9.14. The summed E-state index contributed by atoms with van der Waals surface area (Å²) in [7, 11) is -3.76. The first-order chi connectivity index (χ1) is 15.3. The van der Waals surface area contributed by atoms with Gasteiger partial charge in [0.1, 0.15) is 11.6 Å². The van der Waals surface area contributed by atoms with E-state index in [1.807, 2.05) is 0 Å². The van der Waals surface area contributed by atoms with E-state index in [4.69, 9.17) is 0 Å². The highest BCUT2D eigenvalue weighted by molar-refractivity contribution is 7.89. The molecule has 2 amide bonds. The average molecular weight is 472 g/mol. The molecule has 3 rings (SSSR count). The molecule has 0 radical (unpaired) electrons. The number of benzene rings is 2. The number of rotatable bonds is 7. The van der Waals surface area contributed by atoms with E-state index in [0.29, 0.717) is 25.9 Å². The lowest BCUT2D eigenvalue weighted by molar-refractivity contribution is -0.0498. The van der Waals surface area contributed by atoms with Crippen LogP contribution in [0.25, 0.3) is 0 Å². The Bertz CT molecular complexity index is 1000. The predicted octanol–water partition coefficient (Wildman–Crippen LogP) is 3.08. The second kappa shape index (κ2) is 10.7. The number of hydrogen-bond acceptors (Lipinski definition) is 4. The van der Waals surface area contributed by atoms with E-state index in [2.05, 4.69) is 10.1 Å². The van der Waals surface area contributed by atoms with Crippen LogP contribution >= 0.6 is 0 Å². The molecule has 174 valence electrons. The minimum atomic E-state index is -3.76. The summed E-state index contributed by atoms with van der Waals surface area (Å²) in [6, 6.07) is 10.5. The standard InChI is InChI=1S/C21H24F3N3O4S/c22-17-4-8-19(9-5-17)32(29,30)27-13-1-12-26(14-15-27)21(28)25-11-10-16-2-6-18(7-3-16)31-20(23)24/h2-9,20H,1,10-15H2,(H,25,28). The first kappa shape index (κ1) is 23.9.